The summed E-state index contributed by atoms with van der Waals surface area (Å²) < 4.78 is 0. The fraction of sp³-hybridized carbons (Fsp3) is 0.154. The maximum absolute atomic E-state index is 6.08. The Kier molecular flexibility index (Phi) is 4.29. The van der Waals surface area contributed by atoms with Crippen molar-refractivity contribution < 1.29 is 0 Å². The minimum Gasteiger partial charge on any atom is -0.399 e. The lowest BCUT2D eigenvalue weighted by Crippen LogP contribution is -1.91. The Morgan fingerprint density at radius 3 is 2.76 bits per heavy atom. The standard InChI is InChI=1S/C13H13ClN2S/c14-13-4-2-1-3-10(13)8-17-9-12-7-11(15)5-6-16-12/h1-7H,8-9H2,(H2,15,16). The van der Waals surface area contributed by atoms with Crippen molar-refractivity contribution in [3.8, 4) is 0 Å². The predicted octanol–water partition coefficient (Wildman–Crippen LogP) is 3.75. The van der Waals surface area contributed by atoms with Gasteiger partial charge in [-0.2, -0.15) is 11.8 Å². The Hall–Kier alpha value is -1.19. The lowest BCUT2D eigenvalue weighted by atomic mass is 10.2. The van der Waals surface area contributed by atoms with Gasteiger partial charge in [-0.25, -0.2) is 0 Å². The van der Waals surface area contributed by atoms with Crippen LogP contribution in [-0.2, 0) is 11.5 Å². The number of anilines is 1. The summed E-state index contributed by atoms with van der Waals surface area (Å²) in [5.74, 6) is 1.73. The first-order valence-electron chi connectivity index (χ1n) is 5.27. The summed E-state index contributed by atoms with van der Waals surface area (Å²) in [6.07, 6.45) is 1.74. The SMILES string of the molecule is Nc1ccnc(CSCc2ccccc2Cl)c1. The number of rotatable bonds is 4. The molecule has 0 radical (unpaired) electrons. The molecular weight excluding hydrogens is 252 g/mol. The average Bonchev–Trinajstić information content (AvgIpc) is 2.32. The summed E-state index contributed by atoms with van der Waals surface area (Å²) >= 11 is 7.86. The highest BCUT2D eigenvalue weighted by Gasteiger charge is 2.00. The smallest absolute Gasteiger partial charge is 0.0523 e. The molecule has 0 amide bonds. The molecule has 0 unspecified atom stereocenters. The molecule has 2 N–H and O–H groups in total. The van der Waals surface area contributed by atoms with E-state index in [0.717, 1.165) is 33.5 Å². The van der Waals surface area contributed by atoms with Gasteiger partial charge in [0.05, 0.1) is 5.69 Å². The van der Waals surface area contributed by atoms with Gasteiger partial charge in [-0.1, -0.05) is 29.8 Å². The van der Waals surface area contributed by atoms with E-state index in [9.17, 15) is 0 Å². The van der Waals surface area contributed by atoms with Crippen LogP contribution < -0.4 is 5.73 Å². The number of nitrogens with zero attached hydrogens (tertiary/aromatic N) is 1. The van der Waals surface area contributed by atoms with Crippen LogP contribution in [0.3, 0.4) is 0 Å². The molecule has 2 aromatic rings. The van der Waals surface area contributed by atoms with Crippen LogP contribution in [0.5, 0.6) is 0 Å². The zero-order chi connectivity index (χ0) is 12.1. The Morgan fingerprint density at radius 1 is 1.18 bits per heavy atom. The average molecular weight is 265 g/mol. The molecule has 2 rings (SSSR count). The van der Waals surface area contributed by atoms with E-state index in [1.54, 1.807) is 24.0 Å². The summed E-state index contributed by atoms with van der Waals surface area (Å²) in [5.41, 5.74) is 8.61. The quantitative estimate of drug-likeness (QED) is 0.914. The molecule has 0 spiro atoms. The fourth-order valence-corrected chi connectivity index (χ4v) is 2.68. The number of benzene rings is 1. The van der Waals surface area contributed by atoms with Crippen LogP contribution in [0.1, 0.15) is 11.3 Å². The highest BCUT2D eigenvalue weighted by Crippen LogP contribution is 2.23. The van der Waals surface area contributed by atoms with Crippen LogP contribution in [0, 0.1) is 0 Å². The van der Waals surface area contributed by atoms with E-state index >= 15 is 0 Å². The molecule has 0 saturated carbocycles. The molecule has 0 fully saturated rings. The van der Waals surface area contributed by atoms with Gasteiger partial charge in [-0.3, -0.25) is 4.98 Å². The second-order valence-electron chi connectivity index (χ2n) is 3.66. The summed E-state index contributed by atoms with van der Waals surface area (Å²) in [6.45, 7) is 0. The number of nitrogen functional groups attached to an aromatic ring is 1. The molecule has 0 aliphatic rings. The maximum Gasteiger partial charge on any atom is 0.0523 e. The minimum absolute atomic E-state index is 0.758. The lowest BCUT2D eigenvalue weighted by Gasteiger charge is -2.04. The predicted molar refractivity (Wildman–Crippen MR) is 75.1 cm³/mol. The van der Waals surface area contributed by atoms with E-state index in [1.165, 1.54) is 0 Å². The molecule has 1 aromatic heterocycles. The Bertz CT molecular complexity index is 502. The zero-order valence-corrected chi connectivity index (χ0v) is 10.8. The van der Waals surface area contributed by atoms with Gasteiger partial charge in [-0.15, -0.1) is 0 Å². The van der Waals surface area contributed by atoms with Crippen LogP contribution in [-0.4, -0.2) is 4.98 Å². The number of hydrogen-bond donors (Lipinski definition) is 1. The molecule has 0 atom stereocenters. The minimum atomic E-state index is 0.758. The van der Waals surface area contributed by atoms with Gasteiger partial charge < -0.3 is 5.73 Å². The first-order chi connectivity index (χ1) is 8.25. The van der Waals surface area contributed by atoms with Gasteiger partial charge in [-0.05, 0) is 23.8 Å². The Labute approximate surface area is 110 Å². The van der Waals surface area contributed by atoms with Crippen LogP contribution in [0.25, 0.3) is 0 Å². The first kappa shape index (κ1) is 12.3. The topological polar surface area (TPSA) is 38.9 Å². The molecule has 88 valence electrons. The summed E-state index contributed by atoms with van der Waals surface area (Å²) in [5, 5.41) is 0.820. The third-order valence-electron chi connectivity index (χ3n) is 2.31. The first-order valence-corrected chi connectivity index (χ1v) is 6.80. The normalized spacial score (nSPS) is 10.4. The summed E-state index contributed by atoms with van der Waals surface area (Å²) in [4.78, 5) is 4.26. The van der Waals surface area contributed by atoms with Crippen LogP contribution in [0.2, 0.25) is 5.02 Å². The third-order valence-corrected chi connectivity index (χ3v) is 3.69. The van der Waals surface area contributed by atoms with Gasteiger partial charge in [0.15, 0.2) is 0 Å². The number of pyridine rings is 1. The van der Waals surface area contributed by atoms with Gasteiger partial charge >= 0.3 is 0 Å². The van der Waals surface area contributed by atoms with Crippen molar-refractivity contribution in [2.24, 2.45) is 0 Å². The fourth-order valence-electron chi connectivity index (χ4n) is 1.46. The van der Waals surface area contributed by atoms with E-state index in [4.69, 9.17) is 17.3 Å². The molecule has 0 bridgehead atoms. The van der Waals surface area contributed by atoms with Crippen LogP contribution >= 0.6 is 23.4 Å². The van der Waals surface area contributed by atoms with Crippen molar-refractivity contribution in [3.63, 3.8) is 0 Å². The van der Waals surface area contributed by atoms with Gasteiger partial charge in [0, 0.05) is 28.4 Å². The van der Waals surface area contributed by atoms with Crippen molar-refractivity contribution >= 4 is 29.1 Å². The van der Waals surface area contributed by atoms with Crippen molar-refractivity contribution in [1.29, 1.82) is 0 Å². The van der Waals surface area contributed by atoms with E-state index in [1.807, 2.05) is 30.3 Å². The van der Waals surface area contributed by atoms with Gasteiger partial charge in [0.25, 0.3) is 0 Å². The van der Waals surface area contributed by atoms with Crippen LogP contribution in [0.4, 0.5) is 5.69 Å². The van der Waals surface area contributed by atoms with E-state index in [0.29, 0.717) is 0 Å². The highest BCUT2D eigenvalue weighted by atomic mass is 35.5. The largest absolute Gasteiger partial charge is 0.399 e. The Morgan fingerprint density at radius 2 is 2.00 bits per heavy atom. The molecule has 0 saturated heterocycles. The molecule has 17 heavy (non-hydrogen) atoms. The zero-order valence-electron chi connectivity index (χ0n) is 9.27. The number of halogens is 1. The van der Waals surface area contributed by atoms with Gasteiger partial charge in [0.1, 0.15) is 0 Å². The second kappa shape index (κ2) is 5.94. The number of thioether (sulfide) groups is 1. The molecule has 2 nitrogen and oxygen atoms in total. The molecule has 0 aliphatic heterocycles. The summed E-state index contributed by atoms with van der Waals surface area (Å²) in [7, 11) is 0. The third kappa shape index (κ3) is 3.65. The molecule has 1 heterocycles. The number of hydrogen-bond acceptors (Lipinski definition) is 3. The van der Waals surface area contributed by atoms with Crippen molar-refractivity contribution in [2.75, 3.05) is 5.73 Å². The van der Waals surface area contributed by atoms with Crippen molar-refractivity contribution in [3.05, 3.63) is 58.9 Å². The van der Waals surface area contributed by atoms with Crippen molar-refractivity contribution in [2.45, 2.75) is 11.5 Å². The molecule has 1 aromatic carbocycles. The number of nitrogens with two attached hydrogens (primary N) is 1. The Balaban J connectivity index is 1.90. The molecule has 0 aliphatic carbocycles. The van der Waals surface area contributed by atoms with Crippen molar-refractivity contribution in [1.82, 2.24) is 4.98 Å². The highest BCUT2D eigenvalue weighted by molar-refractivity contribution is 7.97. The summed E-state index contributed by atoms with van der Waals surface area (Å²) in [6, 6.07) is 11.6. The second-order valence-corrected chi connectivity index (χ2v) is 5.06. The van der Waals surface area contributed by atoms with E-state index in [2.05, 4.69) is 4.98 Å². The van der Waals surface area contributed by atoms with Crippen LogP contribution in [0.15, 0.2) is 42.6 Å². The monoisotopic (exact) mass is 264 g/mol. The maximum atomic E-state index is 6.08. The van der Waals surface area contributed by atoms with Gasteiger partial charge in [0.2, 0.25) is 0 Å². The van der Waals surface area contributed by atoms with E-state index in [-0.39, 0.29) is 0 Å². The van der Waals surface area contributed by atoms with E-state index < -0.39 is 0 Å². The number of aromatic nitrogens is 1. The molecule has 4 heteroatoms. The lowest BCUT2D eigenvalue weighted by molar-refractivity contribution is 1.17. The molecular formula is C13H13ClN2S.